The summed E-state index contributed by atoms with van der Waals surface area (Å²) in [5.41, 5.74) is -9.00. The summed E-state index contributed by atoms with van der Waals surface area (Å²) in [7, 11) is 0. The fourth-order valence-corrected chi connectivity index (χ4v) is 5.35. The van der Waals surface area contributed by atoms with Gasteiger partial charge in [-0.15, -0.1) is 0 Å². The minimum Gasteiger partial charge on any atom is -0.478 e. The second kappa shape index (κ2) is 12.4. The van der Waals surface area contributed by atoms with Gasteiger partial charge in [-0.05, 0) is 65.2 Å². The van der Waals surface area contributed by atoms with Crippen LogP contribution in [-0.4, -0.2) is 47.6 Å². The Morgan fingerprint density at radius 2 is 1.27 bits per heavy atom. The highest BCUT2D eigenvalue weighted by molar-refractivity contribution is 6.15. The van der Waals surface area contributed by atoms with E-state index in [4.69, 9.17) is 0 Å². The van der Waals surface area contributed by atoms with Crippen LogP contribution in [-0.2, 0) is 10.2 Å². The van der Waals surface area contributed by atoms with Crippen molar-refractivity contribution in [1.29, 1.82) is 0 Å². The van der Waals surface area contributed by atoms with Crippen LogP contribution in [0.5, 0.6) is 0 Å². The maximum absolute atomic E-state index is 14.9. The van der Waals surface area contributed by atoms with Crippen LogP contribution >= 0.6 is 0 Å². The number of cyclic esters (lactones) is 2. The number of halogens is 6. The number of aromatic carboxylic acids is 1. The summed E-state index contributed by atoms with van der Waals surface area (Å²) in [5, 5.41) is 14.1. The van der Waals surface area contributed by atoms with Crippen molar-refractivity contribution >= 4 is 47.2 Å². The number of alkyl halides is 6. The third kappa shape index (κ3) is 6.13. The number of ether oxygens (including phenoxy) is 1. The van der Waals surface area contributed by atoms with Crippen molar-refractivity contribution in [2.45, 2.75) is 17.8 Å². The highest BCUT2D eigenvalue weighted by atomic mass is 19.4. The van der Waals surface area contributed by atoms with Gasteiger partial charge in [0.05, 0.1) is 16.7 Å². The Morgan fingerprint density at radius 1 is 0.714 bits per heavy atom. The number of aldehydes is 1. The molecule has 15 heteroatoms. The third-order valence-corrected chi connectivity index (χ3v) is 7.66. The fraction of sp³-hybridized carbons (Fsp3) is 0.0882. The second-order valence-corrected chi connectivity index (χ2v) is 10.6. The number of carboxylic acid groups (broad SMARTS) is 1. The molecule has 0 saturated heterocycles. The number of carboxylic acids is 1. The molecule has 0 fully saturated rings. The van der Waals surface area contributed by atoms with Gasteiger partial charge in [-0.1, -0.05) is 43.0 Å². The molecule has 49 heavy (non-hydrogen) atoms. The zero-order chi connectivity index (χ0) is 35.9. The molecular weight excluding hydrogens is 662 g/mol. The first-order valence-electron chi connectivity index (χ1n) is 13.8. The van der Waals surface area contributed by atoms with E-state index >= 15 is 0 Å². The van der Waals surface area contributed by atoms with E-state index in [9.17, 15) is 55.4 Å². The lowest BCUT2D eigenvalue weighted by atomic mass is 9.72. The molecule has 4 aromatic carbocycles. The Bertz CT molecular complexity index is 1990. The molecule has 3 N–H and O–H groups in total. The number of benzene rings is 4. The summed E-state index contributed by atoms with van der Waals surface area (Å²) in [6, 6.07) is 13.2. The van der Waals surface area contributed by atoms with Crippen molar-refractivity contribution in [1.82, 2.24) is 0 Å². The van der Waals surface area contributed by atoms with Gasteiger partial charge in [0.1, 0.15) is 0 Å². The zero-order valence-corrected chi connectivity index (χ0v) is 24.5. The molecule has 0 spiro atoms. The summed E-state index contributed by atoms with van der Waals surface area (Å²) in [4.78, 5) is 59.2. The number of hydrogen-bond donors (Lipinski definition) is 3. The Morgan fingerprint density at radius 3 is 1.82 bits per heavy atom. The topological polar surface area (TPSA) is 139 Å². The molecule has 5 rings (SSSR count). The van der Waals surface area contributed by atoms with Gasteiger partial charge in [0.25, 0.3) is 5.91 Å². The quantitative estimate of drug-likeness (QED) is 0.0726. The van der Waals surface area contributed by atoms with Crippen LogP contribution in [0.1, 0.15) is 68.5 Å². The molecule has 0 aliphatic carbocycles. The van der Waals surface area contributed by atoms with Crippen LogP contribution in [0.15, 0.2) is 91.5 Å². The van der Waals surface area contributed by atoms with E-state index in [0.717, 1.165) is 36.4 Å². The lowest BCUT2D eigenvalue weighted by Crippen LogP contribution is -2.54. The predicted molar refractivity (Wildman–Crippen MR) is 161 cm³/mol. The minimum atomic E-state index is -5.99. The van der Waals surface area contributed by atoms with E-state index < -0.39 is 64.0 Å². The van der Waals surface area contributed by atoms with Crippen molar-refractivity contribution in [3.63, 3.8) is 0 Å². The Labute approximate surface area is 271 Å². The minimum absolute atomic E-state index is 0.0251. The number of rotatable bonds is 9. The van der Waals surface area contributed by atoms with E-state index in [2.05, 4.69) is 21.9 Å². The molecule has 4 aromatic rings. The molecule has 0 atom stereocenters. The monoisotopic (exact) mass is 682 g/mol. The standard InChI is InChI=1S/C34H20F6N2O7/c1-17(18-10-11-25-27(12-18)31(48)49-30(25)47)41-23-6-2-4-21(14-23)32(33(35,36)37,34(38,39)40)22-5-3-7-24(15-22)42-28(44)19-8-9-20(16-43)26(13-19)29(45)46/h2-16,41H,1H2,(H,42,44)(H,45,46). The van der Waals surface area contributed by atoms with Crippen molar-refractivity contribution in [3.8, 4) is 0 Å². The summed E-state index contributed by atoms with van der Waals surface area (Å²) in [5.74, 6) is -4.43. The van der Waals surface area contributed by atoms with Gasteiger partial charge in [-0.3, -0.25) is 9.59 Å². The molecule has 0 aromatic heterocycles. The van der Waals surface area contributed by atoms with E-state index in [0.29, 0.717) is 24.3 Å². The highest BCUT2D eigenvalue weighted by Crippen LogP contribution is 2.56. The first kappa shape index (κ1) is 34.1. The summed E-state index contributed by atoms with van der Waals surface area (Å²) in [6.07, 6.45) is -11.7. The van der Waals surface area contributed by atoms with Gasteiger partial charge in [-0.2, -0.15) is 26.3 Å². The number of amides is 1. The van der Waals surface area contributed by atoms with Crippen LogP contribution in [0.3, 0.4) is 0 Å². The smallest absolute Gasteiger partial charge is 0.411 e. The average molecular weight is 683 g/mol. The van der Waals surface area contributed by atoms with Crippen LogP contribution in [0, 0.1) is 0 Å². The van der Waals surface area contributed by atoms with Gasteiger partial charge in [0, 0.05) is 28.2 Å². The molecule has 9 nitrogen and oxygen atoms in total. The summed E-state index contributed by atoms with van der Waals surface area (Å²) in [6.45, 7) is 3.74. The molecule has 250 valence electrons. The number of carbonyl (C=O) groups excluding carboxylic acids is 4. The van der Waals surface area contributed by atoms with Crippen LogP contribution in [0.2, 0.25) is 0 Å². The maximum Gasteiger partial charge on any atom is 0.411 e. The molecule has 0 radical (unpaired) electrons. The fourth-order valence-electron chi connectivity index (χ4n) is 5.35. The van der Waals surface area contributed by atoms with Crippen molar-refractivity contribution in [3.05, 3.63) is 136 Å². The first-order valence-corrected chi connectivity index (χ1v) is 13.8. The summed E-state index contributed by atoms with van der Waals surface area (Å²) < 4.78 is 94.2. The van der Waals surface area contributed by atoms with E-state index in [-0.39, 0.29) is 45.5 Å². The largest absolute Gasteiger partial charge is 0.478 e. The molecule has 0 saturated carbocycles. The number of carbonyl (C=O) groups is 5. The third-order valence-electron chi connectivity index (χ3n) is 7.66. The molecule has 0 bridgehead atoms. The zero-order valence-electron chi connectivity index (χ0n) is 24.5. The molecule has 0 unspecified atom stereocenters. The predicted octanol–water partition coefficient (Wildman–Crippen LogP) is 7.25. The van der Waals surface area contributed by atoms with Crippen molar-refractivity contribution < 1.29 is 60.2 Å². The van der Waals surface area contributed by atoms with Crippen LogP contribution < -0.4 is 10.6 Å². The lowest BCUT2D eigenvalue weighted by Gasteiger charge is -2.38. The Kier molecular flexibility index (Phi) is 8.63. The lowest BCUT2D eigenvalue weighted by molar-refractivity contribution is -0.288. The number of esters is 2. The number of anilines is 2. The van der Waals surface area contributed by atoms with Gasteiger partial charge >= 0.3 is 30.3 Å². The normalized spacial score (nSPS) is 12.9. The SMILES string of the molecule is C=C(Nc1cccc(C(c2cccc(NC(=O)c3ccc(C=O)c(C(=O)O)c3)c2)(C(F)(F)F)C(F)(F)F)c1)c1ccc2c(c1)C(=O)OC2=O. The second-order valence-electron chi connectivity index (χ2n) is 10.6. The maximum atomic E-state index is 14.9. The van der Waals surface area contributed by atoms with E-state index in [1.165, 1.54) is 24.3 Å². The Balaban J connectivity index is 1.53. The van der Waals surface area contributed by atoms with Crippen molar-refractivity contribution in [2.75, 3.05) is 10.6 Å². The van der Waals surface area contributed by atoms with Crippen LogP contribution in [0.4, 0.5) is 37.7 Å². The molecule has 1 aliphatic rings. The van der Waals surface area contributed by atoms with Crippen molar-refractivity contribution in [2.24, 2.45) is 0 Å². The average Bonchev–Trinajstić information content (AvgIpc) is 3.32. The number of nitrogens with one attached hydrogen (secondary N) is 2. The number of fused-ring (bicyclic) bond motifs is 1. The number of hydrogen-bond acceptors (Lipinski definition) is 7. The molecule has 1 heterocycles. The molecule has 1 aliphatic heterocycles. The van der Waals surface area contributed by atoms with Crippen LogP contribution in [0.25, 0.3) is 5.70 Å². The molecular formula is C34H20F6N2O7. The Hall–Kier alpha value is -6.25. The van der Waals surface area contributed by atoms with Gasteiger partial charge in [0.15, 0.2) is 6.29 Å². The summed E-state index contributed by atoms with van der Waals surface area (Å²) >= 11 is 0. The van der Waals surface area contributed by atoms with E-state index in [1.54, 1.807) is 0 Å². The van der Waals surface area contributed by atoms with Gasteiger partial charge in [-0.25, -0.2) is 14.4 Å². The first-order chi connectivity index (χ1) is 23.0. The van der Waals surface area contributed by atoms with E-state index in [1.807, 2.05) is 0 Å². The molecule has 1 amide bonds. The van der Waals surface area contributed by atoms with Gasteiger partial charge < -0.3 is 20.5 Å². The van der Waals surface area contributed by atoms with Gasteiger partial charge in [0.2, 0.25) is 5.41 Å². The highest BCUT2D eigenvalue weighted by Gasteiger charge is 2.72.